The molecule has 0 aliphatic carbocycles. The minimum atomic E-state index is -3.82. The van der Waals surface area contributed by atoms with E-state index in [1.54, 1.807) is 30.3 Å². The second kappa shape index (κ2) is 8.96. The van der Waals surface area contributed by atoms with Crippen LogP contribution in [0.5, 0.6) is 0 Å². The highest BCUT2D eigenvalue weighted by atomic mass is 79.9. The van der Waals surface area contributed by atoms with Crippen LogP contribution in [0.25, 0.3) is 0 Å². The maximum Gasteiger partial charge on any atom is 0.264 e. The predicted molar refractivity (Wildman–Crippen MR) is 110 cm³/mol. The van der Waals surface area contributed by atoms with Crippen molar-refractivity contribution in [3.63, 3.8) is 0 Å². The summed E-state index contributed by atoms with van der Waals surface area (Å²) in [6.45, 7) is 1.85. The van der Waals surface area contributed by atoms with Crippen LogP contribution < -0.4 is 4.31 Å². The van der Waals surface area contributed by atoms with Gasteiger partial charge >= 0.3 is 0 Å². The van der Waals surface area contributed by atoms with Crippen molar-refractivity contribution >= 4 is 66.4 Å². The lowest BCUT2D eigenvalue weighted by atomic mass is 10.2. The molecule has 2 aromatic rings. The Balaban J connectivity index is 2.57. The van der Waals surface area contributed by atoms with Gasteiger partial charge in [0.2, 0.25) is 0 Å². The minimum Gasteiger partial charge on any atom is -0.262 e. The van der Waals surface area contributed by atoms with E-state index in [4.69, 9.17) is 34.8 Å². The Morgan fingerprint density at radius 2 is 1.64 bits per heavy atom. The van der Waals surface area contributed by atoms with E-state index in [0.29, 0.717) is 27.2 Å². The van der Waals surface area contributed by atoms with Crippen LogP contribution in [0.4, 0.5) is 5.69 Å². The summed E-state index contributed by atoms with van der Waals surface area (Å²) in [7, 11) is -3.82. The maximum absolute atomic E-state index is 13.3. The van der Waals surface area contributed by atoms with E-state index >= 15 is 0 Å². The van der Waals surface area contributed by atoms with E-state index in [1.165, 1.54) is 16.4 Å². The van der Waals surface area contributed by atoms with Crippen molar-refractivity contribution in [3.8, 4) is 0 Å². The Morgan fingerprint density at radius 1 is 1.04 bits per heavy atom. The van der Waals surface area contributed by atoms with Gasteiger partial charge in [-0.15, -0.1) is 0 Å². The fourth-order valence-corrected chi connectivity index (χ4v) is 5.04. The summed E-state index contributed by atoms with van der Waals surface area (Å²) >= 11 is 21.6. The summed E-state index contributed by atoms with van der Waals surface area (Å²) < 4.78 is 27.9. The van der Waals surface area contributed by atoms with Crippen molar-refractivity contribution in [2.75, 3.05) is 9.64 Å². The van der Waals surface area contributed by atoms with E-state index in [1.807, 2.05) is 6.92 Å². The third-order valence-corrected chi connectivity index (χ3v) is 6.98. The standard InChI is InChI=1S/C17H17BrCl3NO2S/c1-12(3-2-10-18)22(17-11-14(20)6-9-16(17)21)25(23,24)15-7-4-13(19)5-8-15/h4-9,11-12H,2-3,10H2,1H3. The number of nitrogens with zero attached hydrogens (tertiary/aromatic N) is 1. The topological polar surface area (TPSA) is 37.4 Å². The van der Waals surface area contributed by atoms with Gasteiger partial charge < -0.3 is 0 Å². The number of benzene rings is 2. The summed E-state index contributed by atoms with van der Waals surface area (Å²) in [5.41, 5.74) is 0.367. The average molecular weight is 486 g/mol. The molecule has 0 spiro atoms. The first-order valence-corrected chi connectivity index (χ1v) is 11.3. The summed E-state index contributed by atoms with van der Waals surface area (Å²) in [4.78, 5) is 0.152. The number of halogens is 4. The molecule has 0 fully saturated rings. The molecule has 1 atom stereocenters. The summed E-state index contributed by atoms with van der Waals surface area (Å²) in [5.74, 6) is 0. The Kier molecular flexibility index (Phi) is 7.47. The number of anilines is 1. The zero-order valence-electron chi connectivity index (χ0n) is 13.4. The van der Waals surface area contributed by atoms with Crippen molar-refractivity contribution < 1.29 is 8.42 Å². The van der Waals surface area contributed by atoms with Gasteiger partial charge in [-0.25, -0.2) is 8.42 Å². The lowest BCUT2D eigenvalue weighted by molar-refractivity contribution is 0.570. The first kappa shape index (κ1) is 20.8. The normalized spacial score (nSPS) is 12.8. The van der Waals surface area contributed by atoms with E-state index in [2.05, 4.69) is 15.9 Å². The van der Waals surface area contributed by atoms with Gasteiger partial charge in [-0.05, 0) is 62.2 Å². The molecule has 0 aliphatic heterocycles. The van der Waals surface area contributed by atoms with Gasteiger partial charge in [0.05, 0.1) is 15.6 Å². The van der Waals surface area contributed by atoms with Crippen LogP contribution in [0.3, 0.4) is 0 Å². The van der Waals surface area contributed by atoms with Crippen LogP contribution in [0.15, 0.2) is 47.4 Å². The molecule has 2 rings (SSSR count). The quantitative estimate of drug-likeness (QED) is 0.425. The molecule has 0 heterocycles. The van der Waals surface area contributed by atoms with Gasteiger partial charge in [0.1, 0.15) is 0 Å². The Bertz CT molecular complexity index is 828. The van der Waals surface area contributed by atoms with E-state index in [0.717, 1.165) is 11.8 Å². The van der Waals surface area contributed by atoms with Gasteiger partial charge in [-0.2, -0.15) is 0 Å². The molecule has 1 unspecified atom stereocenters. The molecule has 0 saturated carbocycles. The third-order valence-electron chi connectivity index (χ3n) is 3.67. The van der Waals surface area contributed by atoms with Crippen LogP contribution in [0, 0.1) is 0 Å². The SMILES string of the molecule is CC(CCCBr)N(c1cc(Cl)ccc1Cl)S(=O)(=O)c1ccc(Cl)cc1. The van der Waals surface area contributed by atoms with Gasteiger partial charge in [0.25, 0.3) is 10.0 Å². The summed E-state index contributed by atoms with van der Waals surface area (Å²) in [5, 5.41) is 2.00. The minimum absolute atomic E-state index is 0.152. The molecule has 0 amide bonds. The van der Waals surface area contributed by atoms with Gasteiger partial charge in [-0.3, -0.25) is 4.31 Å². The molecule has 2 aromatic carbocycles. The molecule has 0 bridgehead atoms. The fourth-order valence-electron chi connectivity index (χ4n) is 2.47. The van der Waals surface area contributed by atoms with Crippen LogP contribution in [0.1, 0.15) is 19.8 Å². The number of hydrogen-bond acceptors (Lipinski definition) is 2. The fraction of sp³-hybridized carbons (Fsp3) is 0.294. The zero-order valence-corrected chi connectivity index (χ0v) is 18.1. The molecule has 8 heteroatoms. The molecule has 136 valence electrons. The van der Waals surface area contributed by atoms with Crippen LogP contribution in [-0.4, -0.2) is 19.8 Å². The molecule has 3 nitrogen and oxygen atoms in total. The lowest BCUT2D eigenvalue weighted by Crippen LogP contribution is -2.39. The number of alkyl halides is 1. The van der Waals surface area contributed by atoms with Crippen molar-refractivity contribution in [1.29, 1.82) is 0 Å². The highest BCUT2D eigenvalue weighted by Crippen LogP contribution is 2.35. The molecule has 0 radical (unpaired) electrons. The largest absolute Gasteiger partial charge is 0.264 e. The predicted octanol–water partition coefficient (Wildman–Crippen LogP) is 6.41. The average Bonchev–Trinajstić information content (AvgIpc) is 2.56. The Labute approximate surface area is 172 Å². The molecule has 25 heavy (non-hydrogen) atoms. The van der Waals surface area contributed by atoms with Gasteiger partial charge in [-0.1, -0.05) is 50.7 Å². The van der Waals surface area contributed by atoms with Crippen molar-refractivity contribution in [1.82, 2.24) is 0 Å². The maximum atomic E-state index is 13.3. The van der Waals surface area contributed by atoms with E-state index in [-0.39, 0.29) is 10.9 Å². The molecule has 0 aliphatic rings. The van der Waals surface area contributed by atoms with E-state index < -0.39 is 10.0 Å². The van der Waals surface area contributed by atoms with Crippen LogP contribution in [0.2, 0.25) is 15.1 Å². The highest BCUT2D eigenvalue weighted by Gasteiger charge is 2.31. The molecule has 0 aromatic heterocycles. The number of rotatable bonds is 7. The smallest absolute Gasteiger partial charge is 0.262 e. The van der Waals surface area contributed by atoms with Crippen molar-refractivity contribution in [2.45, 2.75) is 30.7 Å². The zero-order chi connectivity index (χ0) is 18.6. The summed E-state index contributed by atoms with van der Waals surface area (Å²) in [6, 6.07) is 10.6. The van der Waals surface area contributed by atoms with Crippen LogP contribution >= 0.6 is 50.7 Å². The second-order valence-corrected chi connectivity index (χ2v) is 9.42. The highest BCUT2D eigenvalue weighted by molar-refractivity contribution is 9.09. The third kappa shape index (κ3) is 5.04. The molecule has 0 N–H and O–H groups in total. The first-order valence-electron chi connectivity index (χ1n) is 7.58. The number of hydrogen-bond donors (Lipinski definition) is 0. The summed E-state index contributed by atoms with van der Waals surface area (Å²) in [6.07, 6.45) is 1.49. The van der Waals surface area contributed by atoms with Gasteiger partial charge in [0, 0.05) is 21.4 Å². The second-order valence-electron chi connectivity index (χ2n) is 5.53. The van der Waals surface area contributed by atoms with Crippen molar-refractivity contribution in [2.24, 2.45) is 0 Å². The molecular formula is C17H17BrCl3NO2S. The van der Waals surface area contributed by atoms with Gasteiger partial charge in [0.15, 0.2) is 0 Å². The van der Waals surface area contributed by atoms with Crippen LogP contribution in [-0.2, 0) is 10.0 Å². The first-order chi connectivity index (χ1) is 11.8. The van der Waals surface area contributed by atoms with Crippen molar-refractivity contribution in [3.05, 3.63) is 57.5 Å². The molecular weight excluding hydrogens is 469 g/mol. The van der Waals surface area contributed by atoms with E-state index in [9.17, 15) is 8.42 Å². The monoisotopic (exact) mass is 483 g/mol. The Morgan fingerprint density at radius 3 is 2.24 bits per heavy atom. The number of sulfonamides is 1. The lowest BCUT2D eigenvalue weighted by Gasteiger charge is -2.31. The Hall–Kier alpha value is -0.460. The molecule has 0 saturated heterocycles.